The normalized spacial score (nSPS) is 21.1. The highest BCUT2D eigenvalue weighted by molar-refractivity contribution is 6.30. The van der Waals surface area contributed by atoms with E-state index in [1.54, 1.807) is 0 Å². The highest BCUT2D eigenvalue weighted by atomic mass is 35.5. The maximum atomic E-state index is 5.95. The first kappa shape index (κ1) is 9.81. The van der Waals surface area contributed by atoms with E-state index in [4.69, 9.17) is 11.6 Å². The van der Waals surface area contributed by atoms with Crippen LogP contribution in [-0.4, -0.2) is 19.1 Å². The molecule has 1 unspecified atom stereocenters. The van der Waals surface area contributed by atoms with Crippen molar-refractivity contribution in [2.45, 2.75) is 19.4 Å². The molecule has 1 aromatic carbocycles. The molecule has 2 nitrogen and oxygen atoms in total. The second kappa shape index (κ2) is 4.20. The molecule has 0 spiro atoms. The minimum absolute atomic E-state index is 0.548. The molecule has 1 heterocycles. The first-order valence-electron chi connectivity index (χ1n) is 4.99. The lowest BCUT2D eigenvalue weighted by atomic mass is 10.1. The number of nitrogens with one attached hydrogen (secondary N) is 2. The van der Waals surface area contributed by atoms with Crippen LogP contribution in [0.25, 0.3) is 0 Å². The molecule has 0 aliphatic carbocycles. The van der Waals surface area contributed by atoms with Crippen LogP contribution in [0.1, 0.15) is 12.0 Å². The largest absolute Gasteiger partial charge is 0.381 e. The third kappa shape index (κ3) is 2.20. The van der Waals surface area contributed by atoms with E-state index in [-0.39, 0.29) is 0 Å². The lowest BCUT2D eigenvalue weighted by Gasteiger charge is -2.15. The Morgan fingerprint density at radius 3 is 3.07 bits per heavy atom. The average Bonchev–Trinajstić information content (AvgIpc) is 2.64. The van der Waals surface area contributed by atoms with Crippen molar-refractivity contribution in [3.8, 4) is 0 Å². The third-order valence-corrected chi connectivity index (χ3v) is 2.85. The molecule has 0 bridgehead atoms. The van der Waals surface area contributed by atoms with Gasteiger partial charge in [0.1, 0.15) is 0 Å². The zero-order valence-corrected chi connectivity index (χ0v) is 9.06. The molecule has 0 radical (unpaired) electrons. The van der Waals surface area contributed by atoms with Gasteiger partial charge in [0.2, 0.25) is 0 Å². The maximum Gasteiger partial charge on any atom is 0.0426 e. The number of rotatable bonds is 2. The smallest absolute Gasteiger partial charge is 0.0426 e. The number of hydrogen-bond donors (Lipinski definition) is 2. The van der Waals surface area contributed by atoms with Crippen LogP contribution in [-0.2, 0) is 0 Å². The summed E-state index contributed by atoms with van der Waals surface area (Å²) in [7, 11) is 0. The summed E-state index contributed by atoms with van der Waals surface area (Å²) in [5, 5.41) is 7.63. The van der Waals surface area contributed by atoms with Gasteiger partial charge in [-0.15, -0.1) is 0 Å². The Hall–Kier alpha value is -0.730. The summed E-state index contributed by atoms with van der Waals surface area (Å²) in [4.78, 5) is 0. The van der Waals surface area contributed by atoms with E-state index >= 15 is 0 Å². The fraction of sp³-hybridized carbons (Fsp3) is 0.455. The molecular weight excluding hydrogens is 196 g/mol. The SMILES string of the molecule is Cc1ccc(Cl)cc1NC1CCNC1. The predicted molar refractivity (Wildman–Crippen MR) is 61.1 cm³/mol. The van der Waals surface area contributed by atoms with Gasteiger partial charge >= 0.3 is 0 Å². The molecular formula is C11H15ClN2. The van der Waals surface area contributed by atoms with Crippen molar-refractivity contribution >= 4 is 17.3 Å². The topological polar surface area (TPSA) is 24.1 Å². The summed E-state index contributed by atoms with van der Waals surface area (Å²) in [5.41, 5.74) is 2.41. The van der Waals surface area contributed by atoms with E-state index in [9.17, 15) is 0 Å². The van der Waals surface area contributed by atoms with Gasteiger partial charge in [0.05, 0.1) is 0 Å². The first-order valence-corrected chi connectivity index (χ1v) is 5.37. The van der Waals surface area contributed by atoms with Gasteiger partial charge in [-0.25, -0.2) is 0 Å². The van der Waals surface area contributed by atoms with Crippen molar-refractivity contribution in [2.75, 3.05) is 18.4 Å². The molecule has 2 N–H and O–H groups in total. The van der Waals surface area contributed by atoms with Crippen LogP contribution in [0.2, 0.25) is 5.02 Å². The van der Waals surface area contributed by atoms with Gasteiger partial charge in [-0.1, -0.05) is 17.7 Å². The van der Waals surface area contributed by atoms with E-state index in [2.05, 4.69) is 17.6 Å². The van der Waals surface area contributed by atoms with Crippen LogP contribution in [0.5, 0.6) is 0 Å². The van der Waals surface area contributed by atoms with Crippen molar-refractivity contribution < 1.29 is 0 Å². The second-order valence-corrected chi connectivity index (χ2v) is 4.23. The lowest BCUT2D eigenvalue weighted by Crippen LogP contribution is -2.22. The summed E-state index contributed by atoms with van der Waals surface area (Å²) in [5.74, 6) is 0. The summed E-state index contributed by atoms with van der Waals surface area (Å²) in [6.07, 6.45) is 1.19. The summed E-state index contributed by atoms with van der Waals surface area (Å²) in [6, 6.07) is 6.52. The van der Waals surface area contributed by atoms with Gasteiger partial charge < -0.3 is 10.6 Å². The zero-order chi connectivity index (χ0) is 9.97. The summed E-state index contributed by atoms with van der Waals surface area (Å²) < 4.78 is 0. The highest BCUT2D eigenvalue weighted by Gasteiger charge is 2.14. The molecule has 0 saturated carbocycles. The fourth-order valence-electron chi connectivity index (χ4n) is 1.75. The summed E-state index contributed by atoms with van der Waals surface area (Å²) >= 11 is 5.95. The van der Waals surface area contributed by atoms with Crippen LogP contribution < -0.4 is 10.6 Å². The van der Waals surface area contributed by atoms with Gasteiger partial charge in [-0.3, -0.25) is 0 Å². The molecule has 1 fully saturated rings. The Balaban J connectivity index is 2.10. The number of halogens is 1. The van der Waals surface area contributed by atoms with Crippen molar-refractivity contribution in [3.05, 3.63) is 28.8 Å². The minimum atomic E-state index is 0.548. The minimum Gasteiger partial charge on any atom is -0.381 e. The highest BCUT2D eigenvalue weighted by Crippen LogP contribution is 2.21. The van der Waals surface area contributed by atoms with Crippen molar-refractivity contribution in [3.63, 3.8) is 0 Å². The Morgan fingerprint density at radius 2 is 2.36 bits per heavy atom. The third-order valence-electron chi connectivity index (χ3n) is 2.62. The van der Waals surface area contributed by atoms with Gasteiger partial charge in [0, 0.05) is 23.3 Å². The molecule has 3 heteroatoms. The fourth-order valence-corrected chi connectivity index (χ4v) is 1.92. The van der Waals surface area contributed by atoms with E-state index in [0.29, 0.717) is 6.04 Å². The Labute approximate surface area is 89.7 Å². The zero-order valence-electron chi connectivity index (χ0n) is 8.31. The summed E-state index contributed by atoms with van der Waals surface area (Å²) in [6.45, 7) is 4.25. The van der Waals surface area contributed by atoms with E-state index in [0.717, 1.165) is 23.8 Å². The molecule has 1 atom stereocenters. The monoisotopic (exact) mass is 210 g/mol. The Morgan fingerprint density at radius 1 is 1.50 bits per heavy atom. The van der Waals surface area contributed by atoms with Crippen molar-refractivity contribution in [1.29, 1.82) is 0 Å². The number of hydrogen-bond acceptors (Lipinski definition) is 2. The van der Waals surface area contributed by atoms with E-state index in [1.165, 1.54) is 12.0 Å². The number of aryl methyl sites for hydroxylation is 1. The molecule has 1 aliphatic rings. The average molecular weight is 211 g/mol. The molecule has 1 aromatic rings. The molecule has 0 aromatic heterocycles. The second-order valence-electron chi connectivity index (χ2n) is 3.79. The molecule has 76 valence electrons. The number of benzene rings is 1. The van der Waals surface area contributed by atoms with Crippen molar-refractivity contribution in [2.24, 2.45) is 0 Å². The lowest BCUT2D eigenvalue weighted by molar-refractivity contribution is 0.792. The van der Waals surface area contributed by atoms with Crippen LogP contribution >= 0.6 is 11.6 Å². The van der Waals surface area contributed by atoms with Crippen LogP contribution in [0.3, 0.4) is 0 Å². The molecule has 2 rings (SSSR count). The standard InChI is InChI=1S/C11H15ClN2/c1-8-2-3-9(12)6-11(8)14-10-4-5-13-7-10/h2-3,6,10,13-14H,4-5,7H2,1H3. The van der Waals surface area contributed by atoms with E-state index < -0.39 is 0 Å². The quantitative estimate of drug-likeness (QED) is 0.784. The van der Waals surface area contributed by atoms with Gasteiger partial charge in [-0.2, -0.15) is 0 Å². The molecule has 1 saturated heterocycles. The Kier molecular flexibility index (Phi) is 2.94. The predicted octanol–water partition coefficient (Wildman–Crippen LogP) is 2.42. The first-order chi connectivity index (χ1) is 6.75. The Bertz CT molecular complexity index is 319. The molecule has 14 heavy (non-hydrogen) atoms. The van der Waals surface area contributed by atoms with Gasteiger partial charge in [0.25, 0.3) is 0 Å². The number of anilines is 1. The van der Waals surface area contributed by atoms with Crippen LogP contribution in [0.4, 0.5) is 5.69 Å². The van der Waals surface area contributed by atoms with Gasteiger partial charge in [-0.05, 0) is 37.6 Å². The van der Waals surface area contributed by atoms with Crippen LogP contribution in [0, 0.1) is 6.92 Å². The maximum absolute atomic E-state index is 5.95. The molecule has 0 amide bonds. The molecule has 1 aliphatic heterocycles. The van der Waals surface area contributed by atoms with Crippen LogP contribution in [0.15, 0.2) is 18.2 Å². The van der Waals surface area contributed by atoms with E-state index in [1.807, 2.05) is 18.2 Å². The van der Waals surface area contributed by atoms with Gasteiger partial charge in [0.15, 0.2) is 0 Å². The van der Waals surface area contributed by atoms with Crippen molar-refractivity contribution in [1.82, 2.24) is 5.32 Å².